The summed E-state index contributed by atoms with van der Waals surface area (Å²) in [5.74, 6) is 1.25. The van der Waals surface area contributed by atoms with Crippen molar-refractivity contribution in [3.05, 3.63) is 12.4 Å². The van der Waals surface area contributed by atoms with Gasteiger partial charge in [-0.2, -0.15) is 0 Å². The van der Waals surface area contributed by atoms with Gasteiger partial charge in [-0.15, -0.1) is 0 Å². The van der Waals surface area contributed by atoms with E-state index in [0.717, 1.165) is 12.4 Å². The molecule has 0 aliphatic heterocycles. The van der Waals surface area contributed by atoms with Crippen molar-refractivity contribution in [3.63, 3.8) is 0 Å². The molecule has 4 nitrogen and oxygen atoms in total. The van der Waals surface area contributed by atoms with Gasteiger partial charge in [-0.1, -0.05) is 40.0 Å². The van der Waals surface area contributed by atoms with Crippen molar-refractivity contribution in [1.29, 1.82) is 0 Å². The molecule has 0 amide bonds. The van der Waals surface area contributed by atoms with Crippen molar-refractivity contribution in [1.82, 2.24) is 9.97 Å². The summed E-state index contributed by atoms with van der Waals surface area (Å²) < 4.78 is 0. The minimum Gasteiger partial charge on any atom is -0.382 e. The molecule has 3 N–H and O–H groups in total. The van der Waals surface area contributed by atoms with Gasteiger partial charge in [0, 0.05) is 6.54 Å². The molecule has 0 aromatic carbocycles. The minimum absolute atomic E-state index is 0.290. The van der Waals surface area contributed by atoms with Crippen molar-refractivity contribution < 1.29 is 0 Å². The van der Waals surface area contributed by atoms with Gasteiger partial charge in [0.2, 0.25) is 0 Å². The van der Waals surface area contributed by atoms with E-state index < -0.39 is 0 Å². The fraction of sp³-hybridized carbons (Fsp3) is 0.692. The molecule has 0 aliphatic rings. The molecule has 96 valence electrons. The average Bonchev–Trinajstić information content (AvgIpc) is 2.29. The van der Waals surface area contributed by atoms with Gasteiger partial charge in [0.25, 0.3) is 0 Å². The molecule has 0 fully saturated rings. The predicted molar refractivity (Wildman–Crippen MR) is 72.9 cm³/mol. The second kappa shape index (κ2) is 6.42. The van der Waals surface area contributed by atoms with E-state index in [1.54, 1.807) is 12.4 Å². The van der Waals surface area contributed by atoms with E-state index in [2.05, 4.69) is 36.1 Å². The maximum Gasteiger partial charge on any atom is 0.144 e. The molecule has 1 aromatic heterocycles. The van der Waals surface area contributed by atoms with Crippen LogP contribution in [0.25, 0.3) is 0 Å². The molecule has 0 radical (unpaired) electrons. The highest BCUT2D eigenvalue weighted by Crippen LogP contribution is 2.23. The second-order valence-corrected chi connectivity index (χ2v) is 5.30. The smallest absolute Gasteiger partial charge is 0.144 e. The maximum atomic E-state index is 5.49. The van der Waals surface area contributed by atoms with Gasteiger partial charge in [-0.05, 0) is 11.8 Å². The molecule has 0 unspecified atom stereocenters. The summed E-state index contributed by atoms with van der Waals surface area (Å²) >= 11 is 0. The third kappa shape index (κ3) is 5.52. The number of hydrogen-bond donors (Lipinski definition) is 2. The highest BCUT2D eigenvalue weighted by Gasteiger charge is 2.17. The lowest BCUT2D eigenvalue weighted by atomic mass is 9.87. The third-order valence-electron chi connectivity index (χ3n) is 2.88. The molecule has 0 saturated heterocycles. The molecule has 0 atom stereocenters. The van der Waals surface area contributed by atoms with Crippen LogP contribution in [0.4, 0.5) is 11.6 Å². The van der Waals surface area contributed by atoms with Gasteiger partial charge in [0.05, 0.1) is 12.4 Å². The monoisotopic (exact) mass is 236 g/mol. The Balaban J connectivity index is 2.35. The van der Waals surface area contributed by atoms with Crippen LogP contribution in [-0.2, 0) is 0 Å². The zero-order valence-electron chi connectivity index (χ0n) is 11.2. The number of anilines is 2. The first-order valence-corrected chi connectivity index (χ1v) is 6.35. The van der Waals surface area contributed by atoms with Crippen LogP contribution >= 0.6 is 0 Å². The van der Waals surface area contributed by atoms with Gasteiger partial charge in [0.15, 0.2) is 0 Å². The van der Waals surface area contributed by atoms with Crippen LogP contribution in [0.15, 0.2) is 12.4 Å². The van der Waals surface area contributed by atoms with Crippen LogP contribution in [0.1, 0.15) is 46.5 Å². The standard InChI is InChI=1S/C13H24N4/c1-4-5-6-7-13(2,3)10-17-12-9-15-11(14)8-16-12/h8-9H,4-7,10H2,1-3H3,(H2,14,15)(H,16,17). The Labute approximate surface area is 104 Å². The van der Waals surface area contributed by atoms with Crippen molar-refractivity contribution in [3.8, 4) is 0 Å². The van der Waals surface area contributed by atoms with E-state index >= 15 is 0 Å². The lowest BCUT2D eigenvalue weighted by molar-refractivity contribution is 0.342. The van der Waals surface area contributed by atoms with Crippen LogP contribution in [-0.4, -0.2) is 16.5 Å². The van der Waals surface area contributed by atoms with Crippen LogP contribution in [0, 0.1) is 5.41 Å². The lowest BCUT2D eigenvalue weighted by Gasteiger charge is -2.25. The molecule has 1 rings (SSSR count). The molecule has 0 spiro atoms. The number of rotatable bonds is 7. The highest BCUT2D eigenvalue weighted by molar-refractivity contribution is 5.36. The quantitative estimate of drug-likeness (QED) is 0.714. The summed E-state index contributed by atoms with van der Waals surface area (Å²) in [6.07, 6.45) is 8.36. The van der Waals surface area contributed by atoms with E-state index in [1.165, 1.54) is 25.7 Å². The minimum atomic E-state index is 0.290. The summed E-state index contributed by atoms with van der Waals surface area (Å²) in [5, 5.41) is 3.31. The summed E-state index contributed by atoms with van der Waals surface area (Å²) in [5.41, 5.74) is 5.78. The lowest BCUT2D eigenvalue weighted by Crippen LogP contribution is -2.23. The Hall–Kier alpha value is -1.32. The second-order valence-electron chi connectivity index (χ2n) is 5.30. The van der Waals surface area contributed by atoms with Crippen molar-refractivity contribution in [2.45, 2.75) is 46.5 Å². The van der Waals surface area contributed by atoms with Crippen molar-refractivity contribution in [2.75, 3.05) is 17.6 Å². The largest absolute Gasteiger partial charge is 0.382 e. The zero-order chi connectivity index (χ0) is 12.7. The van der Waals surface area contributed by atoms with E-state index in [-0.39, 0.29) is 5.41 Å². The molecule has 0 bridgehead atoms. The SMILES string of the molecule is CCCCCC(C)(C)CNc1cnc(N)cn1. The Bertz CT molecular complexity index is 319. The first kappa shape index (κ1) is 13.7. The van der Waals surface area contributed by atoms with E-state index in [4.69, 9.17) is 5.73 Å². The number of unbranched alkanes of at least 4 members (excludes halogenated alkanes) is 2. The van der Waals surface area contributed by atoms with Gasteiger partial charge >= 0.3 is 0 Å². The molecule has 0 saturated carbocycles. The Kier molecular flexibility index (Phi) is 5.19. The average molecular weight is 236 g/mol. The third-order valence-corrected chi connectivity index (χ3v) is 2.88. The molecular weight excluding hydrogens is 212 g/mol. The molecule has 0 aliphatic carbocycles. The van der Waals surface area contributed by atoms with Gasteiger partial charge in [-0.25, -0.2) is 9.97 Å². The Morgan fingerprint density at radius 1 is 1.24 bits per heavy atom. The van der Waals surface area contributed by atoms with E-state index in [0.29, 0.717) is 5.82 Å². The molecule has 1 aromatic rings. The first-order valence-electron chi connectivity index (χ1n) is 6.35. The first-order chi connectivity index (χ1) is 8.03. The topological polar surface area (TPSA) is 63.8 Å². The fourth-order valence-electron chi connectivity index (χ4n) is 1.70. The van der Waals surface area contributed by atoms with Crippen LogP contribution in [0.2, 0.25) is 0 Å². The molecule has 17 heavy (non-hydrogen) atoms. The maximum absolute atomic E-state index is 5.49. The van der Waals surface area contributed by atoms with Crippen molar-refractivity contribution in [2.24, 2.45) is 5.41 Å². The Morgan fingerprint density at radius 3 is 2.59 bits per heavy atom. The fourth-order valence-corrected chi connectivity index (χ4v) is 1.70. The van der Waals surface area contributed by atoms with E-state index in [9.17, 15) is 0 Å². The summed E-state index contributed by atoms with van der Waals surface area (Å²) in [6.45, 7) is 7.70. The molecule has 1 heterocycles. The van der Waals surface area contributed by atoms with Gasteiger partial charge < -0.3 is 11.1 Å². The number of nitrogens with two attached hydrogens (primary N) is 1. The molecule has 4 heteroatoms. The summed E-state index contributed by atoms with van der Waals surface area (Å²) in [6, 6.07) is 0. The number of nitrogens with one attached hydrogen (secondary N) is 1. The normalized spacial score (nSPS) is 11.5. The van der Waals surface area contributed by atoms with E-state index in [1.807, 2.05) is 0 Å². The number of nitrogens with zero attached hydrogens (tertiary/aromatic N) is 2. The highest BCUT2D eigenvalue weighted by atomic mass is 15.0. The number of nitrogen functional groups attached to an aromatic ring is 1. The van der Waals surface area contributed by atoms with Gasteiger partial charge in [0.1, 0.15) is 11.6 Å². The van der Waals surface area contributed by atoms with Crippen molar-refractivity contribution >= 4 is 11.6 Å². The predicted octanol–water partition coefficient (Wildman–Crippen LogP) is 3.08. The molecular formula is C13H24N4. The summed E-state index contributed by atoms with van der Waals surface area (Å²) in [4.78, 5) is 8.19. The zero-order valence-corrected chi connectivity index (χ0v) is 11.2. The summed E-state index contributed by atoms with van der Waals surface area (Å²) in [7, 11) is 0. The number of hydrogen-bond acceptors (Lipinski definition) is 4. The van der Waals surface area contributed by atoms with Crippen LogP contribution < -0.4 is 11.1 Å². The number of aromatic nitrogens is 2. The Morgan fingerprint density at radius 2 is 2.00 bits per heavy atom. The van der Waals surface area contributed by atoms with Crippen LogP contribution in [0.5, 0.6) is 0 Å². The van der Waals surface area contributed by atoms with Crippen LogP contribution in [0.3, 0.4) is 0 Å². The van der Waals surface area contributed by atoms with Gasteiger partial charge in [-0.3, -0.25) is 0 Å².